The zero-order chi connectivity index (χ0) is 13.9. The van der Waals surface area contributed by atoms with E-state index >= 15 is 0 Å². The summed E-state index contributed by atoms with van der Waals surface area (Å²) >= 11 is 0. The first-order chi connectivity index (χ1) is 9.04. The number of hydrogen-bond acceptors (Lipinski definition) is 4. The van der Waals surface area contributed by atoms with Gasteiger partial charge in [0.1, 0.15) is 5.54 Å². The monoisotopic (exact) mass is 261 g/mol. The van der Waals surface area contributed by atoms with Gasteiger partial charge >= 0.3 is 5.97 Å². The fourth-order valence-electron chi connectivity index (χ4n) is 2.14. The van der Waals surface area contributed by atoms with Gasteiger partial charge in [0, 0.05) is 6.54 Å². The number of esters is 1. The Morgan fingerprint density at radius 1 is 1.47 bits per heavy atom. The van der Waals surface area contributed by atoms with Gasteiger partial charge in [-0.2, -0.15) is 0 Å². The molecule has 0 saturated carbocycles. The van der Waals surface area contributed by atoms with Crippen molar-refractivity contribution in [3.8, 4) is 0 Å². The van der Waals surface area contributed by atoms with E-state index in [1.165, 1.54) is 7.11 Å². The van der Waals surface area contributed by atoms with Crippen molar-refractivity contribution in [2.75, 3.05) is 7.11 Å². The van der Waals surface area contributed by atoms with Crippen LogP contribution in [0.2, 0.25) is 0 Å². The molecule has 0 aliphatic carbocycles. The summed E-state index contributed by atoms with van der Waals surface area (Å²) in [5.41, 5.74) is 7.07. The predicted octanol–water partition coefficient (Wildman–Crippen LogP) is 1.71. The van der Waals surface area contributed by atoms with Crippen molar-refractivity contribution in [1.82, 2.24) is 9.55 Å². The van der Waals surface area contributed by atoms with Gasteiger partial charge in [0.15, 0.2) is 0 Å². The molecule has 1 atom stereocenters. The number of ether oxygens (including phenoxy) is 1. The highest BCUT2D eigenvalue weighted by Crippen LogP contribution is 2.15. The number of aromatic nitrogens is 2. The minimum atomic E-state index is -0.925. The summed E-state index contributed by atoms with van der Waals surface area (Å²) in [6, 6.07) is 7.97. The van der Waals surface area contributed by atoms with Gasteiger partial charge in [-0.25, -0.2) is 4.98 Å². The third kappa shape index (κ3) is 2.93. The van der Waals surface area contributed by atoms with Crippen LogP contribution < -0.4 is 5.73 Å². The molecule has 1 heterocycles. The van der Waals surface area contributed by atoms with Gasteiger partial charge in [-0.3, -0.25) is 4.79 Å². The van der Waals surface area contributed by atoms with Crippen LogP contribution >= 0.6 is 0 Å². The lowest BCUT2D eigenvalue weighted by Crippen LogP contribution is -2.45. The summed E-state index contributed by atoms with van der Waals surface area (Å²) in [5, 5.41) is 0. The van der Waals surface area contributed by atoms with Crippen molar-refractivity contribution in [3.63, 3.8) is 0 Å². The Bertz CT molecular complexity index is 575. The number of para-hydroxylation sites is 2. The number of fused-ring (bicyclic) bond motifs is 1. The molecule has 0 saturated heterocycles. The van der Waals surface area contributed by atoms with Crippen molar-refractivity contribution < 1.29 is 9.53 Å². The van der Waals surface area contributed by atoms with E-state index < -0.39 is 5.54 Å². The molecular formula is C14H19N3O2. The molecule has 0 bridgehead atoms. The van der Waals surface area contributed by atoms with Crippen LogP contribution in [0.5, 0.6) is 0 Å². The summed E-state index contributed by atoms with van der Waals surface area (Å²) in [6.45, 7) is 2.48. The van der Waals surface area contributed by atoms with Crippen molar-refractivity contribution in [3.05, 3.63) is 30.6 Å². The molecular weight excluding hydrogens is 242 g/mol. The summed E-state index contributed by atoms with van der Waals surface area (Å²) < 4.78 is 6.76. The van der Waals surface area contributed by atoms with Crippen molar-refractivity contribution >= 4 is 17.0 Å². The molecule has 2 aromatic rings. The Labute approximate surface area is 112 Å². The van der Waals surface area contributed by atoms with Gasteiger partial charge in [0.2, 0.25) is 0 Å². The van der Waals surface area contributed by atoms with E-state index in [9.17, 15) is 4.79 Å². The SMILES string of the molecule is COC(=O)C(C)(N)CCCn1cnc2ccccc21. The third-order valence-electron chi connectivity index (χ3n) is 3.27. The fraction of sp³-hybridized carbons (Fsp3) is 0.429. The Hall–Kier alpha value is -1.88. The number of nitrogens with zero attached hydrogens (tertiary/aromatic N) is 2. The van der Waals surface area contributed by atoms with Gasteiger partial charge in [0.05, 0.1) is 24.5 Å². The Morgan fingerprint density at radius 3 is 2.95 bits per heavy atom. The number of hydrogen-bond donors (Lipinski definition) is 1. The molecule has 0 fully saturated rings. The molecule has 2 rings (SSSR count). The number of carbonyl (C=O) groups excluding carboxylic acids is 1. The van der Waals surface area contributed by atoms with E-state index in [0.29, 0.717) is 6.42 Å². The van der Waals surface area contributed by atoms with Crippen LogP contribution in [-0.4, -0.2) is 28.2 Å². The minimum absolute atomic E-state index is 0.372. The summed E-state index contributed by atoms with van der Waals surface area (Å²) in [4.78, 5) is 15.8. The minimum Gasteiger partial charge on any atom is -0.468 e. The van der Waals surface area contributed by atoms with Crippen LogP contribution in [0.1, 0.15) is 19.8 Å². The maximum atomic E-state index is 11.5. The zero-order valence-corrected chi connectivity index (χ0v) is 11.3. The average Bonchev–Trinajstić information content (AvgIpc) is 2.81. The molecule has 0 aliphatic rings. The third-order valence-corrected chi connectivity index (χ3v) is 3.27. The van der Waals surface area contributed by atoms with Crippen LogP contribution in [0.4, 0.5) is 0 Å². The lowest BCUT2D eigenvalue weighted by atomic mass is 9.97. The van der Waals surface area contributed by atoms with E-state index in [0.717, 1.165) is 24.0 Å². The molecule has 1 aromatic carbocycles. The van der Waals surface area contributed by atoms with Crippen LogP contribution in [0.15, 0.2) is 30.6 Å². The summed E-state index contributed by atoms with van der Waals surface area (Å²) in [5.74, 6) is -0.372. The Kier molecular flexibility index (Phi) is 3.85. The highest BCUT2D eigenvalue weighted by Gasteiger charge is 2.28. The van der Waals surface area contributed by atoms with E-state index in [1.807, 2.05) is 30.6 Å². The number of aryl methyl sites for hydroxylation is 1. The van der Waals surface area contributed by atoms with E-state index in [2.05, 4.69) is 14.3 Å². The second-order valence-electron chi connectivity index (χ2n) is 4.94. The molecule has 102 valence electrons. The topological polar surface area (TPSA) is 70.1 Å². The molecule has 0 aliphatic heterocycles. The Morgan fingerprint density at radius 2 is 2.21 bits per heavy atom. The normalized spacial score (nSPS) is 14.3. The first kappa shape index (κ1) is 13.5. The molecule has 19 heavy (non-hydrogen) atoms. The number of benzene rings is 1. The predicted molar refractivity (Wildman–Crippen MR) is 73.6 cm³/mol. The molecule has 1 aromatic heterocycles. The quantitative estimate of drug-likeness (QED) is 0.832. The van der Waals surface area contributed by atoms with Crippen LogP contribution in [0.3, 0.4) is 0 Å². The number of nitrogens with two attached hydrogens (primary N) is 1. The van der Waals surface area contributed by atoms with E-state index in [1.54, 1.807) is 6.92 Å². The number of methoxy groups -OCH3 is 1. The van der Waals surface area contributed by atoms with Gasteiger partial charge in [-0.05, 0) is 31.9 Å². The standard InChI is InChI=1S/C14H19N3O2/c1-14(15,13(18)19-2)8-5-9-17-10-16-11-6-3-4-7-12(11)17/h3-4,6-7,10H,5,8-9,15H2,1-2H3. The Balaban J connectivity index is 1.98. The molecule has 2 N–H and O–H groups in total. The smallest absolute Gasteiger partial charge is 0.325 e. The number of imidazole rings is 1. The zero-order valence-electron chi connectivity index (χ0n) is 11.3. The molecule has 0 spiro atoms. The molecule has 0 amide bonds. The van der Waals surface area contributed by atoms with Crippen LogP contribution in [0, 0.1) is 0 Å². The van der Waals surface area contributed by atoms with E-state index in [4.69, 9.17) is 5.73 Å². The maximum absolute atomic E-state index is 11.5. The second-order valence-corrected chi connectivity index (χ2v) is 4.94. The van der Waals surface area contributed by atoms with E-state index in [-0.39, 0.29) is 5.97 Å². The highest BCUT2D eigenvalue weighted by atomic mass is 16.5. The van der Waals surface area contributed by atoms with Gasteiger partial charge in [0.25, 0.3) is 0 Å². The average molecular weight is 261 g/mol. The lowest BCUT2D eigenvalue weighted by Gasteiger charge is -2.21. The molecule has 5 heteroatoms. The highest BCUT2D eigenvalue weighted by molar-refractivity contribution is 5.79. The fourth-order valence-corrected chi connectivity index (χ4v) is 2.14. The summed E-state index contributed by atoms with van der Waals surface area (Å²) in [6.07, 6.45) is 3.19. The maximum Gasteiger partial charge on any atom is 0.325 e. The van der Waals surface area contributed by atoms with Crippen LogP contribution in [0.25, 0.3) is 11.0 Å². The van der Waals surface area contributed by atoms with Crippen molar-refractivity contribution in [2.45, 2.75) is 31.8 Å². The molecule has 0 radical (unpaired) electrons. The largest absolute Gasteiger partial charge is 0.468 e. The first-order valence-corrected chi connectivity index (χ1v) is 6.32. The first-order valence-electron chi connectivity index (χ1n) is 6.32. The van der Waals surface area contributed by atoms with Crippen molar-refractivity contribution in [1.29, 1.82) is 0 Å². The summed E-state index contributed by atoms with van der Waals surface area (Å²) in [7, 11) is 1.36. The van der Waals surface area contributed by atoms with Gasteiger partial charge in [-0.1, -0.05) is 12.1 Å². The number of rotatable bonds is 5. The molecule has 5 nitrogen and oxygen atoms in total. The van der Waals surface area contributed by atoms with Crippen LogP contribution in [-0.2, 0) is 16.1 Å². The lowest BCUT2D eigenvalue weighted by molar-refractivity contribution is -0.146. The van der Waals surface area contributed by atoms with Gasteiger partial charge in [-0.15, -0.1) is 0 Å². The van der Waals surface area contributed by atoms with Gasteiger partial charge < -0.3 is 15.0 Å². The number of carbonyl (C=O) groups is 1. The molecule has 1 unspecified atom stereocenters. The van der Waals surface area contributed by atoms with Crippen molar-refractivity contribution in [2.24, 2.45) is 5.73 Å². The second kappa shape index (κ2) is 5.40.